The molecule has 0 fully saturated rings. The SMILES string of the molecule is Cc1cc2c(cc1-n1c(-c3ccccc3)nc3cc(C(=O)O)ccc31)C(C)(C)CCC2(C)C. The largest absolute Gasteiger partial charge is 0.478 e. The van der Waals surface area contributed by atoms with E-state index in [1.165, 1.54) is 23.1 Å². The standard InChI is InChI=1S/C29H30N2O2/c1-18-15-21-22(29(4,5)14-13-28(21,2)3)17-25(18)31-24-12-11-20(27(32)33)16-23(24)30-26(31)19-9-7-6-8-10-19/h6-12,15-17H,13-14H2,1-5H3,(H,32,33). The van der Waals surface area contributed by atoms with Crippen LogP contribution in [0, 0.1) is 6.92 Å². The summed E-state index contributed by atoms with van der Waals surface area (Å²) in [6, 6.07) is 20.0. The molecule has 1 aliphatic carbocycles. The molecule has 1 aliphatic rings. The third-order valence-electron chi connectivity index (χ3n) is 7.34. The Bertz CT molecular complexity index is 1390. The van der Waals surface area contributed by atoms with E-state index in [0.717, 1.165) is 29.0 Å². The average Bonchev–Trinajstić information content (AvgIpc) is 3.16. The van der Waals surface area contributed by atoms with Crippen molar-refractivity contribution in [3.05, 3.63) is 82.9 Å². The number of aromatic nitrogens is 2. The van der Waals surface area contributed by atoms with Crippen LogP contribution in [0.4, 0.5) is 0 Å². The molecule has 0 saturated carbocycles. The van der Waals surface area contributed by atoms with Crippen LogP contribution in [0.3, 0.4) is 0 Å². The number of hydrogen-bond donors (Lipinski definition) is 1. The zero-order valence-electron chi connectivity index (χ0n) is 19.9. The Morgan fingerprint density at radius 2 is 1.55 bits per heavy atom. The van der Waals surface area contributed by atoms with Crippen molar-refractivity contribution in [2.75, 3.05) is 0 Å². The van der Waals surface area contributed by atoms with Gasteiger partial charge >= 0.3 is 5.97 Å². The molecule has 0 unspecified atom stereocenters. The van der Waals surface area contributed by atoms with Crippen molar-refractivity contribution in [2.24, 2.45) is 0 Å². The highest BCUT2D eigenvalue weighted by molar-refractivity contribution is 5.94. The molecule has 0 spiro atoms. The van der Waals surface area contributed by atoms with E-state index in [0.29, 0.717) is 5.52 Å². The van der Waals surface area contributed by atoms with Crippen LogP contribution in [-0.4, -0.2) is 20.6 Å². The lowest BCUT2D eigenvalue weighted by Crippen LogP contribution is -2.34. The smallest absolute Gasteiger partial charge is 0.335 e. The summed E-state index contributed by atoms with van der Waals surface area (Å²) in [5.74, 6) is -0.120. The first-order valence-electron chi connectivity index (χ1n) is 11.6. The summed E-state index contributed by atoms with van der Waals surface area (Å²) < 4.78 is 2.20. The lowest BCUT2D eigenvalue weighted by molar-refractivity contribution is 0.0697. The quantitative estimate of drug-likeness (QED) is 0.373. The van der Waals surface area contributed by atoms with Gasteiger partial charge in [0.05, 0.1) is 22.3 Å². The van der Waals surface area contributed by atoms with Crippen LogP contribution in [-0.2, 0) is 10.8 Å². The van der Waals surface area contributed by atoms with Crippen LogP contribution in [0.25, 0.3) is 28.1 Å². The second kappa shape index (κ2) is 7.31. The van der Waals surface area contributed by atoms with Gasteiger partial charge in [-0.25, -0.2) is 9.78 Å². The van der Waals surface area contributed by atoms with E-state index in [2.05, 4.69) is 63.5 Å². The van der Waals surface area contributed by atoms with Crippen LogP contribution < -0.4 is 0 Å². The van der Waals surface area contributed by atoms with Crippen molar-refractivity contribution in [3.63, 3.8) is 0 Å². The number of carboxylic acids is 1. The molecule has 0 bridgehead atoms. The summed E-state index contributed by atoms with van der Waals surface area (Å²) in [6.07, 6.45) is 2.32. The van der Waals surface area contributed by atoms with Crippen molar-refractivity contribution in [2.45, 2.75) is 58.3 Å². The van der Waals surface area contributed by atoms with E-state index in [1.54, 1.807) is 12.1 Å². The molecule has 4 heteroatoms. The maximum absolute atomic E-state index is 11.6. The van der Waals surface area contributed by atoms with Crippen LogP contribution >= 0.6 is 0 Å². The summed E-state index contributed by atoms with van der Waals surface area (Å²) in [4.78, 5) is 16.5. The van der Waals surface area contributed by atoms with Crippen LogP contribution in [0.15, 0.2) is 60.7 Å². The molecule has 5 rings (SSSR count). The number of hydrogen-bond acceptors (Lipinski definition) is 2. The minimum atomic E-state index is -0.943. The number of nitrogens with zero attached hydrogens (tertiary/aromatic N) is 2. The number of aromatic carboxylic acids is 1. The predicted octanol–water partition coefficient (Wildman–Crippen LogP) is 7.05. The minimum Gasteiger partial charge on any atom is -0.478 e. The molecule has 0 radical (unpaired) electrons. The highest BCUT2D eigenvalue weighted by Crippen LogP contribution is 2.47. The molecule has 4 nitrogen and oxygen atoms in total. The normalized spacial score (nSPS) is 16.5. The van der Waals surface area contributed by atoms with E-state index in [4.69, 9.17) is 4.98 Å². The van der Waals surface area contributed by atoms with Gasteiger partial charge in [0.15, 0.2) is 0 Å². The molecular formula is C29H30N2O2. The fraction of sp³-hybridized carbons (Fsp3) is 0.310. The second-order valence-corrected chi connectivity index (χ2v) is 10.6. The summed E-state index contributed by atoms with van der Waals surface area (Å²) in [5.41, 5.74) is 8.19. The zero-order valence-corrected chi connectivity index (χ0v) is 19.9. The van der Waals surface area contributed by atoms with E-state index in [1.807, 2.05) is 24.3 Å². The first-order valence-corrected chi connectivity index (χ1v) is 11.6. The Morgan fingerprint density at radius 3 is 2.18 bits per heavy atom. The Hall–Kier alpha value is -3.40. The van der Waals surface area contributed by atoms with Gasteiger partial charge in [-0.3, -0.25) is 4.57 Å². The topological polar surface area (TPSA) is 55.1 Å². The van der Waals surface area contributed by atoms with Crippen LogP contribution in [0.1, 0.15) is 67.6 Å². The molecule has 1 aromatic heterocycles. The first kappa shape index (κ1) is 21.4. The molecule has 1 N–H and O–H groups in total. The highest BCUT2D eigenvalue weighted by atomic mass is 16.4. The summed E-state index contributed by atoms with van der Waals surface area (Å²) in [5, 5.41) is 9.50. The van der Waals surface area contributed by atoms with Gasteiger partial charge in [-0.2, -0.15) is 0 Å². The van der Waals surface area contributed by atoms with E-state index < -0.39 is 5.97 Å². The highest BCUT2D eigenvalue weighted by Gasteiger charge is 2.37. The molecular weight excluding hydrogens is 408 g/mol. The summed E-state index contributed by atoms with van der Waals surface area (Å²) in [7, 11) is 0. The maximum atomic E-state index is 11.6. The first-order chi connectivity index (χ1) is 15.6. The lowest BCUT2D eigenvalue weighted by atomic mass is 9.63. The van der Waals surface area contributed by atoms with E-state index in [-0.39, 0.29) is 16.4 Å². The number of aryl methyl sites for hydroxylation is 1. The molecule has 0 amide bonds. The number of imidazole rings is 1. The number of rotatable bonds is 3. The van der Waals surface area contributed by atoms with Gasteiger partial charge in [0.2, 0.25) is 0 Å². The van der Waals surface area contributed by atoms with E-state index in [9.17, 15) is 9.90 Å². The molecule has 0 aliphatic heterocycles. The monoisotopic (exact) mass is 438 g/mol. The second-order valence-electron chi connectivity index (χ2n) is 10.6. The van der Waals surface area contributed by atoms with Gasteiger partial charge in [0.1, 0.15) is 5.82 Å². The molecule has 1 heterocycles. The number of benzene rings is 3. The minimum absolute atomic E-state index is 0.0904. The van der Waals surface area contributed by atoms with Gasteiger partial charge in [0, 0.05) is 5.56 Å². The number of carbonyl (C=O) groups is 1. The van der Waals surface area contributed by atoms with Gasteiger partial charge in [-0.1, -0.05) is 64.1 Å². The fourth-order valence-corrected chi connectivity index (χ4v) is 5.19. The predicted molar refractivity (Wildman–Crippen MR) is 133 cm³/mol. The third-order valence-corrected chi connectivity index (χ3v) is 7.34. The van der Waals surface area contributed by atoms with Crippen molar-refractivity contribution in [1.82, 2.24) is 9.55 Å². The average molecular weight is 439 g/mol. The summed E-state index contributed by atoms with van der Waals surface area (Å²) in [6.45, 7) is 11.5. The Morgan fingerprint density at radius 1 is 0.909 bits per heavy atom. The van der Waals surface area contributed by atoms with Crippen LogP contribution in [0.2, 0.25) is 0 Å². The molecule has 3 aromatic carbocycles. The molecule has 168 valence electrons. The van der Waals surface area contributed by atoms with Crippen molar-refractivity contribution >= 4 is 17.0 Å². The Labute approximate surface area is 194 Å². The Balaban J connectivity index is 1.84. The van der Waals surface area contributed by atoms with Gasteiger partial charge in [-0.05, 0) is 71.6 Å². The molecule has 33 heavy (non-hydrogen) atoms. The van der Waals surface area contributed by atoms with Gasteiger partial charge < -0.3 is 5.11 Å². The summed E-state index contributed by atoms with van der Waals surface area (Å²) >= 11 is 0. The Kier molecular flexibility index (Phi) is 4.75. The number of fused-ring (bicyclic) bond motifs is 2. The lowest BCUT2D eigenvalue weighted by Gasteiger charge is -2.42. The third kappa shape index (κ3) is 3.45. The maximum Gasteiger partial charge on any atom is 0.335 e. The van der Waals surface area contributed by atoms with E-state index >= 15 is 0 Å². The fourth-order valence-electron chi connectivity index (χ4n) is 5.19. The molecule has 4 aromatic rings. The van der Waals surface area contributed by atoms with Crippen LogP contribution in [0.5, 0.6) is 0 Å². The zero-order chi connectivity index (χ0) is 23.5. The number of carboxylic acid groups (broad SMARTS) is 1. The van der Waals surface area contributed by atoms with Crippen molar-refractivity contribution < 1.29 is 9.90 Å². The van der Waals surface area contributed by atoms with Gasteiger partial charge in [-0.15, -0.1) is 0 Å². The van der Waals surface area contributed by atoms with Crippen molar-refractivity contribution in [3.8, 4) is 17.1 Å². The molecule has 0 saturated heterocycles. The molecule has 0 atom stereocenters. The van der Waals surface area contributed by atoms with Crippen molar-refractivity contribution in [1.29, 1.82) is 0 Å². The van der Waals surface area contributed by atoms with Gasteiger partial charge in [0.25, 0.3) is 0 Å².